The molecule has 1 atom stereocenters. The number of alkyl halides is 3. The van der Waals surface area contributed by atoms with Gasteiger partial charge < -0.3 is 0 Å². The van der Waals surface area contributed by atoms with E-state index < -0.39 is 12.1 Å². The Morgan fingerprint density at radius 3 is 2.21 bits per heavy atom. The lowest BCUT2D eigenvalue weighted by Crippen LogP contribution is -2.29. The Bertz CT molecular complexity index is 1260. The van der Waals surface area contributed by atoms with E-state index in [1.165, 1.54) is 18.2 Å². The topological polar surface area (TPSA) is 37.4 Å². The van der Waals surface area contributed by atoms with Crippen molar-refractivity contribution >= 4 is 45.4 Å². The van der Waals surface area contributed by atoms with Gasteiger partial charge in [-0.1, -0.05) is 70.0 Å². The minimum absolute atomic E-state index is 0.0455. The van der Waals surface area contributed by atoms with Crippen molar-refractivity contribution in [2.75, 3.05) is 0 Å². The smallest absolute Gasteiger partial charge is 0.270 e. The van der Waals surface area contributed by atoms with E-state index in [2.05, 4.69) is 15.9 Å². The first-order chi connectivity index (χ1) is 16.0. The highest BCUT2D eigenvalue weighted by atomic mass is 79.9. The summed E-state index contributed by atoms with van der Waals surface area (Å²) in [7, 11) is 0. The fraction of sp³-hybridized carbons (Fsp3) is 0.154. The van der Waals surface area contributed by atoms with Gasteiger partial charge in [0, 0.05) is 9.50 Å². The molecule has 4 rings (SSSR count). The molecule has 174 valence electrons. The predicted octanol–water partition coefficient (Wildman–Crippen LogP) is 7.57. The molecule has 34 heavy (non-hydrogen) atoms. The SMILES string of the molecule is Cc1cc(Cl)cc(C(/C=C/c2ccc(CN3C(=O)c4ccccc4C3=O)c(Br)c2)C(F)(F)F)c1. The van der Waals surface area contributed by atoms with Gasteiger partial charge in [0.1, 0.15) is 0 Å². The Morgan fingerprint density at radius 2 is 1.65 bits per heavy atom. The number of hydrogen-bond acceptors (Lipinski definition) is 2. The van der Waals surface area contributed by atoms with Crippen molar-refractivity contribution in [3.8, 4) is 0 Å². The molecule has 0 saturated heterocycles. The second-order valence-corrected chi connectivity index (χ2v) is 9.32. The van der Waals surface area contributed by atoms with Crippen LogP contribution in [0.1, 0.15) is 48.9 Å². The fourth-order valence-corrected chi connectivity index (χ4v) is 4.73. The third-order valence-corrected chi connectivity index (χ3v) is 6.50. The first-order valence-corrected chi connectivity index (χ1v) is 11.5. The molecule has 0 radical (unpaired) electrons. The van der Waals surface area contributed by atoms with E-state index in [1.54, 1.807) is 55.5 Å². The highest BCUT2D eigenvalue weighted by Crippen LogP contribution is 2.38. The summed E-state index contributed by atoms with van der Waals surface area (Å²) in [5.41, 5.74) is 2.62. The van der Waals surface area contributed by atoms with Crippen molar-refractivity contribution in [2.24, 2.45) is 0 Å². The fourth-order valence-electron chi connectivity index (χ4n) is 3.91. The number of carbonyl (C=O) groups excluding carboxylic acids is 2. The third kappa shape index (κ3) is 4.95. The highest BCUT2D eigenvalue weighted by molar-refractivity contribution is 9.10. The summed E-state index contributed by atoms with van der Waals surface area (Å²) in [4.78, 5) is 26.4. The molecule has 0 bridgehead atoms. The number of benzene rings is 3. The van der Waals surface area contributed by atoms with Gasteiger partial charge in [-0.2, -0.15) is 13.2 Å². The van der Waals surface area contributed by atoms with Crippen LogP contribution in [0, 0.1) is 6.92 Å². The molecule has 3 aromatic rings. The Balaban J connectivity index is 1.56. The molecule has 0 aromatic heterocycles. The molecular formula is C26H18BrClF3NO2. The van der Waals surface area contributed by atoms with Crippen LogP contribution >= 0.6 is 27.5 Å². The summed E-state index contributed by atoms with van der Waals surface area (Å²) >= 11 is 9.39. The molecule has 1 aliphatic rings. The number of nitrogens with zero attached hydrogens (tertiary/aromatic N) is 1. The van der Waals surface area contributed by atoms with E-state index in [0.717, 1.165) is 11.0 Å². The van der Waals surface area contributed by atoms with Crippen LogP contribution in [0.25, 0.3) is 6.08 Å². The largest absolute Gasteiger partial charge is 0.399 e. The number of hydrogen-bond donors (Lipinski definition) is 0. The monoisotopic (exact) mass is 547 g/mol. The molecule has 1 unspecified atom stereocenters. The lowest BCUT2D eigenvalue weighted by molar-refractivity contribution is -0.139. The van der Waals surface area contributed by atoms with Crippen LogP contribution in [0.4, 0.5) is 13.2 Å². The minimum atomic E-state index is -4.49. The van der Waals surface area contributed by atoms with Crippen LogP contribution in [-0.4, -0.2) is 22.9 Å². The van der Waals surface area contributed by atoms with Gasteiger partial charge in [-0.3, -0.25) is 14.5 Å². The molecule has 0 aliphatic carbocycles. The number of amides is 2. The standard InChI is InChI=1S/C26H18BrClF3NO2/c1-15-10-18(13-19(28)11-15)22(26(29,30)31)9-7-16-6-8-17(23(27)12-16)14-32-24(33)20-4-2-3-5-21(20)25(32)34/h2-13,22H,14H2,1H3/b9-7+. The summed E-state index contributed by atoms with van der Waals surface area (Å²) in [5.74, 6) is -2.57. The third-order valence-electron chi connectivity index (χ3n) is 5.54. The first kappa shape index (κ1) is 24.2. The number of fused-ring (bicyclic) bond motifs is 1. The first-order valence-electron chi connectivity index (χ1n) is 10.3. The Morgan fingerprint density at radius 1 is 1.00 bits per heavy atom. The van der Waals surface area contributed by atoms with E-state index in [1.807, 2.05) is 0 Å². The van der Waals surface area contributed by atoms with Crippen LogP contribution < -0.4 is 0 Å². The maximum atomic E-state index is 13.8. The summed E-state index contributed by atoms with van der Waals surface area (Å²) in [6, 6.07) is 16.0. The van der Waals surface area contributed by atoms with Crippen LogP contribution in [0.15, 0.2) is 71.2 Å². The van der Waals surface area contributed by atoms with Crippen molar-refractivity contribution in [3.05, 3.63) is 110 Å². The van der Waals surface area contributed by atoms with Gasteiger partial charge in [-0.15, -0.1) is 0 Å². The summed E-state index contributed by atoms with van der Waals surface area (Å²) < 4.78 is 41.8. The van der Waals surface area contributed by atoms with Gasteiger partial charge in [0.05, 0.1) is 23.6 Å². The maximum absolute atomic E-state index is 13.8. The van der Waals surface area contributed by atoms with Crippen LogP contribution in [0.5, 0.6) is 0 Å². The average molecular weight is 549 g/mol. The van der Waals surface area contributed by atoms with Crippen LogP contribution in [0.2, 0.25) is 5.02 Å². The molecule has 3 aromatic carbocycles. The van der Waals surface area contributed by atoms with E-state index in [-0.39, 0.29) is 28.9 Å². The second kappa shape index (κ2) is 9.39. The van der Waals surface area contributed by atoms with Gasteiger partial charge in [0.25, 0.3) is 11.8 Å². The van der Waals surface area contributed by atoms with Crippen molar-refractivity contribution in [2.45, 2.75) is 25.6 Å². The van der Waals surface area contributed by atoms with Gasteiger partial charge in [-0.05, 0) is 59.5 Å². The Kier molecular flexibility index (Phi) is 6.69. The van der Waals surface area contributed by atoms with E-state index >= 15 is 0 Å². The molecule has 0 spiro atoms. The average Bonchev–Trinajstić information content (AvgIpc) is 2.99. The number of imide groups is 1. The number of aryl methyl sites for hydroxylation is 1. The summed E-state index contributed by atoms with van der Waals surface area (Å²) in [5, 5.41) is 0.248. The maximum Gasteiger partial charge on any atom is 0.399 e. The predicted molar refractivity (Wildman–Crippen MR) is 129 cm³/mol. The molecule has 2 amide bonds. The van der Waals surface area contributed by atoms with Crippen molar-refractivity contribution < 1.29 is 22.8 Å². The summed E-state index contributed by atoms with van der Waals surface area (Å²) in [6.07, 6.45) is -2.00. The van der Waals surface area contributed by atoms with Crippen LogP contribution in [-0.2, 0) is 6.54 Å². The molecule has 1 aliphatic heterocycles. The lowest BCUT2D eigenvalue weighted by Gasteiger charge is -2.18. The highest BCUT2D eigenvalue weighted by Gasteiger charge is 2.39. The lowest BCUT2D eigenvalue weighted by atomic mass is 9.95. The van der Waals surface area contributed by atoms with Gasteiger partial charge >= 0.3 is 6.18 Å². The minimum Gasteiger partial charge on any atom is -0.270 e. The normalized spacial score (nSPS) is 14.7. The van der Waals surface area contributed by atoms with E-state index in [0.29, 0.717) is 32.3 Å². The molecule has 3 nitrogen and oxygen atoms in total. The second-order valence-electron chi connectivity index (χ2n) is 8.03. The van der Waals surface area contributed by atoms with Gasteiger partial charge in [0.2, 0.25) is 0 Å². The van der Waals surface area contributed by atoms with Crippen LogP contribution in [0.3, 0.4) is 0 Å². The zero-order valence-electron chi connectivity index (χ0n) is 17.9. The molecule has 8 heteroatoms. The zero-order chi connectivity index (χ0) is 24.6. The van der Waals surface area contributed by atoms with Gasteiger partial charge in [-0.25, -0.2) is 0 Å². The van der Waals surface area contributed by atoms with E-state index in [9.17, 15) is 22.8 Å². The molecule has 0 saturated carbocycles. The quantitative estimate of drug-likeness (QED) is 0.309. The molecule has 0 fully saturated rings. The van der Waals surface area contributed by atoms with E-state index in [4.69, 9.17) is 11.6 Å². The van der Waals surface area contributed by atoms with Crippen molar-refractivity contribution in [1.29, 1.82) is 0 Å². The molecule has 1 heterocycles. The van der Waals surface area contributed by atoms with Gasteiger partial charge in [0.15, 0.2) is 0 Å². The molecule has 0 N–H and O–H groups in total. The molecular weight excluding hydrogens is 531 g/mol. The zero-order valence-corrected chi connectivity index (χ0v) is 20.2. The Labute approximate surface area is 208 Å². The van der Waals surface area contributed by atoms with Crippen molar-refractivity contribution in [1.82, 2.24) is 4.90 Å². The number of halogens is 5. The summed E-state index contributed by atoms with van der Waals surface area (Å²) in [6.45, 7) is 1.74. The number of rotatable bonds is 5. The Hall–Kier alpha value is -2.90. The number of carbonyl (C=O) groups is 2. The number of allylic oxidation sites excluding steroid dienone is 1. The van der Waals surface area contributed by atoms with Crippen molar-refractivity contribution in [3.63, 3.8) is 0 Å².